The molecule has 2 fully saturated rings. The lowest BCUT2D eigenvalue weighted by Gasteiger charge is -2.44. The lowest BCUT2D eigenvalue weighted by atomic mass is 9.92. The number of hydrogen-bond donors (Lipinski definition) is 5. The van der Waals surface area contributed by atoms with Crippen LogP contribution in [0.15, 0.2) is 0 Å². The third kappa shape index (κ3) is 15.7. The Hall–Kier alpha value is -0.455. The highest BCUT2D eigenvalue weighted by atomic mass is 17.1. The molecule has 2 heterocycles. The van der Waals surface area contributed by atoms with Gasteiger partial charge in [0.05, 0.1) is 45.7 Å². The molecule has 2 aliphatic heterocycles. The smallest absolute Gasteiger partial charge is 0.163 e. The Bertz CT molecular complexity index is 572. The summed E-state index contributed by atoms with van der Waals surface area (Å²) >= 11 is 0. The summed E-state index contributed by atoms with van der Waals surface area (Å²) in [5.41, 5.74) is -1.09. The molecule has 6 atom stereocenters. The highest BCUT2D eigenvalue weighted by molar-refractivity contribution is 6.11. The van der Waals surface area contributed by atoms with Crippen LogP contribution in [0.4, 0.5) is 0 Å². The zero-order valence-corrected chi connectivity index (χ0v) is 25.0. The van der Waals surface area contributed by atoms with E-state index in [0.717, 1.165) is 0 Å². The number of aliphatic hydroxyl groups excluding tert-OH is 3. The standard InChI is InChI=1S/C19H36BNO12.C4H10.C3H8/c1-13-16(23)17(24)14(9-22)32-18(13)29-7-6-28-5-4-27-3-2-21-8-15(20)33-19(10-21,11-30-25)12-31-26;1-3-4-2;1-3-2/h13-18,22-26H,2-12H2,1H3;3-4H2,1-2H3;3H2,1-2H3. The van der Waals surface area contributed by atoms with Gasteiger partial charge >= 0.3 is 0 Å². The van der Waals surface area contributed by atoms with Gasteiger partial charge in [0.2, 0.25) is 0 Å². The minimum absolute atomic E-state index is 0.209. The van der Waals surface area contributed by atoms with Gasteiger partial charge in [0.25, 0.3) is 0 Å². The summed E-state index contributed by atoms with van der Waals surface area (Å²) in [5.74, 6) is -0.453. The highest BCUT2D eigenvalue weighted by Crippen LogP contribution is 2.26. The molecule has 2 radical (unpaired) electrons. The average Bonchev–Trinajstić information content (AvgIpc) is 2.92. The normalized spacial score (nSPS) is 28.2. The van der Waals surface area contributed by atoms with E-state index >= 15 is 0 Å². The van der Waals surface area contributed by atoms with E-state index in [1.165, 1.54) is 19.3 Å². The molecule has 14 heteroatoms. The Labute approximate surface area is 240 Å². The quantitative estimate of drug-likeness (QED) is 0.0752. The van der Waals surface area contributed by atoms with Crippen molar-refractivity contribution in [2.45, 2.75) is 90.1 Å². The Morgan fingerprint density at radius 1 is 0.900 bits per heavy atom. The topological polar surface area (TPSA) is 169 Å². The molecule has 2 aliphatic rings. The number of nitrogens with zero attached hydrogens (tertiary/aromatic N) is 1. The number of morpholine rings is 1. The van der Waals surface area contributed by atoms with Crippen molar-refractivity contribution < 1.29 is 59.3 Å². The second kappa shape index (κ2) is 24.0. The second-order valence-electron chi connectivity index (χ2n) is 9.99. The molecule has 2 saturated heterocycles. The van der Waals surface area contributed by atoms with E-state index in [1.807, 2.05) is 4.90 Å². The van der Waals surface area contributed by atoms with Gasteiger partial charge in [-0.25, -0.2) is 9.78 Å². The Kier molecular flexibility index (Phi) is 23.8. The summed E-state index contributed by atoms with van der Waals surface area (Å²) in [7, 11) is 5.89. The predicted octanol–water partition coefficient (Wildman–Crippen LogP) is 0.879. The average molecular weight is 584 g/mol. The first-order valence-electron chi connectivity index (χ1n) is 14.3. The zero-order valence-electron chi connectivity index (χ0n) is 25.0. The van der Waals surface area contributed by atoms with Crippen LogP contribution in [-0.2, 0) is 33.5 Å². The van der Waals surface area contributed by atoms with Crippen LogP contribution in [0.25, 0.3) is 0 Å². The van der Waals surface area contributed by atoms with Crippen molar-refractivity contribution in [1.82, 2.24) is 4.90 Å². The lowest BCUT2D eigenvalue weighted by molar-refractivity contribution is -0.330. The van der Waals surface area contributed by atoms with E-state index in [-0.39, 0.29) is 26.4 Å². The minimum Gasteiger partial charge on any atom is -0.394 e. The van der Waals surface area contributed by atoms with Crippen molar-refractivity contribution in [2.24, 2.45) is 5.92 Å². The van der Waals surface area contributed by atoms with Crippen molar-refractivity contribution >= 4 is 7.85 Å². The maximum absolute atomic E-state index is 10.0. The molecule has 6 unspecified atom stereocenters. The van der Waals surface area contributed by atoms with Crippen LogP contribution in [0, 0.1) is 5.92 Å². The molecule has 5 N–H and O–H groups in total. The Morgan fingerprint density at radius 3 is 1.98 bits per heavy atom. The van der Waals surface area contributed by atoms with Crippen LogP contribution in [0.1, 0.15) is 53.9 Å². The van der Waals surface area contributed by atoms with Gasteiger partial charge in [-0.15, -0.1) is 0 Å². The number of aliphatic hydroxyl groups is 3. The number of ether oxygens (including phenoxy) is 5. The van der Waals surface area contributed by atoms with Gasteiger partial charge in [0.1, 0.15) is 38.9 Å². The van der Waals surface area contributed by atoms with E-state index in [1.54, 1.807) is 6.92 Å². The first kappa shape index (κ1) is 39.5. The van der Waals surface area contributed by atoms with Gasteiger partial charge in [-0.2, -0.15) is 0 Å². The first-order valence-corrected chi connectivity index (χ1v) is 14.3. The number of unbranched alkanes of at least 4 members (excludes halogenated alkanes) is 1. The molecular weight excluding hydrogens is 529 g/mol. The minimum atomic E-state index is -1.16. The third-order valence-corrected chi connectivity index (χ3v) is 6.13. The molecule has 13 nitrogen and oxygen atoms in total. The molecule has 0 aromatic heterocycles. The van der Waals surface area contributed by atoms with E-state index in [4.69, 9.17) is 42.0 Å². The van der Waals surface area contributed by atoms with Gasteiger partial charge in [-0.3, -0.25) is 15.4 Å². The van der Waals surface area contributed by atoms with E-state index < -0.39 is 48.7 Å². The lowest BCUT2D eigenvalue weighted by Crippen LogP contribution is -2.60. The van der Waals surface area contributed by atoms with E-state index in [9.17, 15) is 15.3 Å². The maximum Gasteiger partial charge on any atom is 0.163 e. The highest BCUT2D eigenvalue weighted by Gasteiger charge is 2.42. The van der Waals surface area contributed by atoms with Gasteiger partial charge in [-0.05, 0) is 0 Å². The summed E-state index contributed by atoms with van der Waals surface area (Å²) in [5, 5.41) is 46.6. The molecule has 2 rings (SSSR count). The molecule has 0 aromatic carbocycles. The fourth-order valence-corrected chi connectivity index (χ4v) is 3.88. The van der Waals surface area contributed by atoms with Crippen LogP contribution in [0.3, 0.4) is 0 Å². The molecule has 0 spiro atoms. The van der Waals surface area contributed by atoms with Crippen LogP contribution < -0.4 is 0 Å². The Balaban J connectivity index is 0.00000195. The van der Waals surface area contributed by atoms with Crippen molar-refractivity contribution in [3.8, 4) is 0 Å². The number of hydrogen-bond acceptors (Lipinski definition) is 13. The fraction of sp³-hybridized carbons (Fsp3) is 1.00. The molecular formula is C26H54BNO12. The first-order chi connectivity index (χ1) is 19.2. The summed E-state index contributed by atoms with van der Waals surface area (Å²) < 4.78 is 27.6. The van der Waals surface area contributed by atoms with Crippen molar-refractivity contribution in [2.75, 3.05) is 72.5 Å². The molecule has 238 valence electrons. The van der Waals surface area contributed by atoms with Gasteiger partial charge < -0.3 is 39.0 Å². The summed E-state index contributed by atoms with van der Waals surface area (Å²) in [6.07, 6.45) is 0.0384. The van der Waals surface area contributed by atoms with Crippen molar-refractivity contribution in [1.29, 1.82) is 0 Å². The van der Waals surface area contributed by atoms with Gasteiger partial charge in [0, 0.05) is 31.6 Å². The summed E-state index contributed by atoms with van der Waals surface area (Å²) in [6, 6.07) is -0.639. The molecule has 0 saturated carbocycles. The summed E-state index contributed by atoms with van der Waals surface area (Å²) in [6.45, 7) is 12.4. The largest absolute Gasteiger partial charge is 0.394 e. The molecule has 0 aliphatic carbocycles. The summed E-state index contributed by atoms with van der Waals surface area (Å²) in [4.78, 5) is 10.3. The number of rotatable bonds is 16. The van der Waals surface area contributed by atoms with Crippen molar-refractivity contribution in [3.05, 3.63) is 0 Å². The molecule has 0 bridgehead atoms. The molecule has 40 heavy (non-hydrogen) atoms. The zero-order chi connectivity index (χ0) is 30.4. The molecule has 0 amide bonds. The second-order valence-corrected chi connectivity index (χ2v) is 9.99. The molecule has 0 aromatic rings. The van der Waals surface area contributed by atoms with Crippen molar-refractivity contribution in [3.63, 3.8) is 0 Å². The van der Waals surface area contributed by atoms with Crippen LogP contribution in [0.2, 0.25) is 0 Å². The van der Waals surface area contributed by atoms with Gasteiger partial charge in [0.15, 0.2) is 6.29 Å². The SMILES string of the molecule is CCC.CCCC.[B]C1CN(CCOCCOCCOC2OC(CO)C(O)C(O)C2C)CC(COO)(COO)O1. The van der Waals surface area contributed by atoms with Gasteiger partial charge in [-0.1, -0.05) is 53.9 Å². The fourth-order valence-electron chi connectivity index (χ4n) is 3.88. The van der Waals surface area contributed by atoms with Crippen LogP contribution in [0.5, 0.6) is 0 Å². The van der Waals surface area contributed by atoms with E-state index in [2.05, 4.69) is 37.5 Å². The monoisotopic (exact) mass is 583 g/mol. The van der Waals surface area contributed by atoms with E-state index in [0.29, 0.717) is 39.5 Å². The maximum atomic E-state index is 10.0. The van der Waals surface area contributed by atoms with Crippen LogP contribution >= 0.6 is 0 Å². The Morgan fingerprint density at radius 2 is 1.45 bits per heavy atom. The predicted molar refractivity (Wildman–Crippen MR) is 148 cm³/mol. The van der Waals surface area contributed by atoms with Crippen LogP contribution in [-0.4, -0.2) is 147 Å². The third-order valence-electron chi connectivity index (χ3n) is 6.13.